The van der Waals surface area contributed by atoms with Gasteiger partial charge in [0.25, 0.3) is 0 Å². The molecule has 1 aromatic carbocycles. The van der Waals surface area contributed by atoms with Crippen LogP contribution in [0, 0.1) is 6.92 Å². The fourth-order valence-electron chi connectivity index (χ4n) is 3.29. The first kappa shape index (κ1) is 14.4. The lowest BCUT2D eigenvalue weighted by Crippen LogP contribution is -2.47. The fraction of sp³-hybridized carbons (Fsp3) is 0.412. The minimum atomic E-state index is 0.929. The molecule has 0 unspecified atom stereocenters. The number of rotatable bonds is 2. The Kier molecular flexibility index (Phi) is 3.43. The highest BCUT2D eigenvalue weighted by atomic mass is 15.5. The van der Waals surface area contributed by atoms with Crippen molar-refractivity contribution >= 4 is 27.6 Å². The first-order valence-corrected chi connectivity index (χ1v) is 8.05. The van der Waals surface area contributed by atoms with Crippen LogP contribution in [0.25, 0.3) is 21.9 Å². The Morgan fingerprint density at radius 2 is 1.78 bits per heavy atom. The summed E-state index contributed by atoms with van der Waals surface area (Å²) in [4.78, 5) is 7.15. The van der Waals surface area contributed by atoms with Gasteiger partial charge in [-0.1, -0.05) is 18.2 Å². The number of hydrogen-bond acceptors (Lipinski definition) is 5. The number of aromatic nitrogens is 3. The second-order valence-electron chi connectivity index (χ2n) is 6.31. The van der Waals surface area contributed by atoms with Gasteiger partial charge >= 0.3 is 0 Å². The largest absolute Gasteiger partial charge is 0.317 e. The first-order chi connectivity index (χ1) is 11.1. The third-order valence-electron chi connectivity index (χ3n) is 4.61. The van der Waals surface area contributed by atoms with Gasteiger partial charge in [0.05, 0.1) is 22.3 Å². The second kappa shape index (κ2) is 5.47. The van der Waals surface area contributed by atoms with Crippen LogP contribution in [0.3, 0.4) is 0 Å². The van der Waals surface area contributed by atoms with E-state index < -0.39 is 0 Å². The summed E-state index contributed by atoms with van der Waals surface area (Å²) < 4.78 is 1.87. The second-order valence-corrected chi connectivity index (χ2v) is 6.31. The van der Waals surface area contributed by atoms with E-state index in [9.17, 15) is 0 Å². The molecule has 4 rings (SSSR count). The minimum absolute atomic E-state index is 0.929. The number of anilines is 1. The summed E-state index contributed by atoms with van der Waals surface area (Å²) >= 11 is 0. The van der Waals surface area contributed by atoms with Gasteiger partial charge in [-0.3, -0.25) is 4.68 Å². The maximum absolute atomic E-state index is 4.80. The molecule has 0 aliphatic carbocycles. The van der Waals surface area contributed by atoms with Crippen LogP contribution in [-0.4, -0.2) is 57.9 Å². The number of para-hydroxylation sites is 1. The van der Waals surface area contributed by atoms with Gasteiger partial charge in [0.15, 0.2) is 5.65 Å². The minimum Gasteiger partial charge on any atom is -0.317 e. The maximum Gasteiger partial charge on any atom is 0.160 e. The van der Waals surface area contributed by atoms with Crippen molar-refractivity contribution in [2.45, 2.75) is 6.92 Å². The Bertz CT molecular complexity index is 860. The Labute approximate surface area is 135 Å². The maximum atomic E-state index is 4.80. The van der Waals surface area contributed by atoms with Crippen molar-refractivity contribution in [1.82, 2.24) is 24.7 Å². The number of pyridine rings is 1. The van der Waals surface area contributed by atoms with Gasteiger partial charge in [-0.2, -0.15) is 5.10 Å². The van der Waals surface area contributed by atoms with Gasteiger partial charge in [-0.15, -0.1) is 0 Å². The Balaban J connectivity index is 1.87. The highest BCUT2D eigenvalue weighted by Gasteiger charge is 2.19. The zero-order valence-electron chi connectivity index (χ0n) is 13.9. The molecule has 1 aliphatic heterocycles. The zero-order valence-corrected chi connectivity index (χ0v) is 13.9. The van der Waals surface area contributed by atoms with Crippen LogP contribution in [0.2, 0.25) is 0 Å². The van der Waals surface area contributed by atoms with Crippen molar-refractivity contribution in [2.24, 2.45) is 7.05 Å². The molecule has 3 heterocycles. The average Bonchev–Trinajstić information content (AvgIpc) is 2.83. The summed E-state index contributed by atoms with van der Waals surface area (Å²) in [5, 5.41) is 9.13. The number of fused-ring (bicyclic) bond motifs is 2. The van der Waals surface area contributed by atoms with Crippen LogP contribution < -0.4 is 5.43 Å². The Morgan fingerprint density at radius 3 is 2.57 bits per heavy atom. The molecule has 2 aromatic heterocycles. The van der Waals surface area contributed by atoms with Gasteiger partial charge in [0, 0.05) is 38.6 Å². The van der Waals surface area contributed by atoms with Crippen LogP contribution in [0.15, 0.2) is 24.3 Å². The molecule has 1 saturated heterocycles. The molecule has 0 radical (unpaired) electrons. The van der Waals surface area contributed by atoms with Crippen LogP contribution in [0.4, 0.5) is 5.69 Å². The molecule has 3 aromatic rings. The zero-order chi connectivity index (χ0) is 16.0. The molecule has 0 atom stereocenters. The summed E-state index contributed by atoms with van der Waals surface area (Å²) in [6.45, 7) is 6.21. The number of benzene rings is 1. The van der Waals surface area contributed by atoms with Gasteiger partial charge in [-0.25, -0.2) is 9.99 Å². The average molecular weight is 310 g/mol. The molecule has 1 N–H and O–H groups in total. The highest BCUT2D eigenvalue weighted by Crippen LogP contribution is 2.32. The molecule has 0 bridgehead atoms. The first-order valence-electron chi connectivity index (χ1n) is 8.05. The molecule has 0 spiro atoms. The third kappa shape index (κ3) is 2.44. The molecule has 120 valence electrons. The van der Waals surface area contributed by atoms with Crippen molar-refractivity contribution in [2.75, 3.05) is 38.7 Å². The molecule has 0 amide bonds. The summed E-state index contributed by atoms with van der Waals surface area (Å²) in [6.07, 6.45) is 0. The van der Waals surface area contributed by atoms with Gasteiger partial charge in [0.2, 0.25) is 0 Å². The number of piperazine rings is 1. The summed E-state index contributed by atoms with van der Waals surface area (Å²) in [7, 11) is 4.12. The van der Waals surface area contributed by atoms with Gasteiger partial charge in [0.1, 0.15) is 0 Å². The lowest BCUT2D eigenvalue weighted by atomic mass is 10.1. The lowest BCUT2D eigenvalue weighted by Gasteiger charge is -2.33. The number of nitrogens with zero attached hydrogens (tertiary/aromatic N) is 5. The standard InChI is InChI=1S/C17H22N6/c1-12-15-16(20-23-10-8-21(2)9-11-23)13-6-4-5-7-14(13)18-17(15)22(3)19-12/h4-7H,8-11H2,1-3H3,(H,18,20). The molecule has 6 nitrogen and oxygen atoms in total. The monoisotopic (exact) mass is 310 g/mol. The third-order valence-corrected chi connectivity index (χ3v) is 4.61. The van der Waals surface area contributed by atoms with Gasteiger partial charge < -0.3 is 10.3 Å². The normalized spacial score (nSPS) is 17.2. The molecule has 0 saturated carbocycles. The van der Waals surface area contributed by atoms with Crippen molar-refractivity contribution in [3.05, 3.63) is 30.0 Å². The fourth-order valence-corrected chi connectivity index (χ4v) is 3.29. The van der Waals surface area contributed by atoms with E-state index in [1.54, 1.807) is 0 Å². The highest BCUT2D eigenvalue weighted by molar-refractivity contribution is 6.07. The number of aryl methyl sites for hydroxylation is 2. The molecule has 1 aliphatic rings. The van der Waals surface area contributed by atoms with Crippen LogP contribution >= 0.6 is 0 Å². The van der Waals surface area contributed by atoms with E-state index in [1.807, 2.05) is 24.7 Å². The van der Waals surface area contributed by atoms with E-state index in [2.05, 4.69) is 45.7 Å². The predicted octanol–water partition coefficient (Wildman–Crippen LogP) is 2.00. The summed E-state index contributed by atoms with van der Waals surface area (Å²) in [5.41, 5.74) is 7.72. The van der Waals surface area contributed by atoms with Crippen LogP contribution in [0.5, 0.6) is 0 Å². The van der Waals surface area contributed by atoms with Gasteiger partial charge in [-0.05, 0) is 20.0 Å². The molecular formula is C17H22N6. The van der Waals surface area contributed by atoms with Crippen molar-refractivity contribution in [3.63, 3.8) is 0 Å². The topological polar surface area (TPSA) is 49.2 Å². The Morgan fingerprint density at radius 1 is 1.04 bits per heavy atom. The summed E-state index contributed by atoms with van der Waals surface area (Å²) in [5.74, 6) is 0. The smallest absolute Gasteiger partial charge is 0.160 e. The molecule has 1 fully saturated rings. The van der Waals surface area contributed by atoms with Crippen LogP contribution in [0.1, 0.15) is 5.69 Å². The van der Waals surface area contributed by atoms with Crippen molar-refractivity contribution < 1.29 is 0 Å². The van der Waals surface area contributed by atoms with E-state index in [-0.39, 0.29) is 0 Å². The lowest BCUT2D eigenvalue weighted by molar-refractivity contribution is 0.179. The van der Waals surface area contributed by atoms with E-state index in [0.29, 0.717) is 0 Å². The number of nitrogens with one attached hydrogen (secondary N) is 1. The quantitative estimate of drug-likeness (QED) is 0.784. The number of likely N-dealkylation sites (N-methyl/N-ethyl adjacent to an activating group) is 1. The molecular weight excluding hydrogens is 288 g/mol. The van der Waals surface area contributed by atoms with E-state index in [4.69, 9.17) is 4.98 Å². The Hall–Kier alpha value is -2.18. The van der Waals surface area contributed by atoms with E-state index >= 15 is 0 Å². The molecule has 23 heavy (non-hydrogen) atoms. The van der Waals surface area contributed by atoms with E-state index in [0.717, 1.165) is 59.5 Å². The number of hydrogen-bond donors (Lipinski definition) is 1. The van der Waals surface area contributed by atoms with Crippen molar-refractivity contribution in [1.29, 1.82) is 0 Å². The SMILES string of the molecule is Cc1nn(C)c2nc3ccccc3c(NN3CCN(C)CC3)c12. The predicted molar refractivity (Wildman–Crippen MR) is 93.4 cm³/mol. The summed E-state index contributed by atoms with van der Waals surface area (Å²) in [6, 6.07) is 8.29. The molecule has 6 heteroatoms. The van der Waals surface area contributed by atoms with E-state index in [1.165, 1.54) is 0 Å². The van der Waals surface area contributed by atoms with Crippen molar-refractivity contribution in [3.8, 4) is 0 Å². The number of hydrazine groups is 1. The van der Waals surface area contributed by atoms with Crippen LogP contribution in [-0.2, 0) is 7.05 Å².